The van der Waals surface area contributed by atoms with Gasteiger partial charge in [0, 0.05) is 18.0 Å². The molecule has 0 unspecified atom stereocenters. The summed E-state index contributed by atoms with van der Waals surface area (Å²) in [5.41, 5.74) is 0. The molecule has 0 bridgehead atoms. The van der Waals surface area contributed by atoms with Crippen molar-refractivity contribution in [3.8, 4) is 12.1 Å². The van der Waals surface area contributed by atoms with Crippen molar-refractivity contribution in [2.45, 2.75) is 17.7 Å². The van der Waals surface area contributed by atoms with E-state index in [1.807, 2.05) is 42.5 Å². The summed E-state index contributed by atoms with van der Waals surface area (Å²) in [4.78, 5) is 14.6. The molecule has 4 nitrogen and oxygen atoms in total. The number of benzene rings is 1. The van der Waals surface area contributed by atoms with Crippen LogP contribution < -0.4 is 0 Å². The average molecular weight is 273 g/mol. The highest BCUT2D eigenvalue weighted by atomic mass is 32.2. The molecular formula is C14H15N3OS. The fraction of sp³-hybridized carbons (Fsp3) is 0.357. The normalized spacial score (nSPS) is 9.37. The van der Waals surface area contributed by atoms with Crippen LogP contribution in [0.3, 0.4) is 0 Å². The van der Waals surface area contributed by atoms with E-state index in [0.29, 0.717) is 31.7 Å². The monoisotopic (exact) mass is 273 g/mol. The third-order valence-electron chi connectivity index (χ3n) is 2.45. The summed E-state index contributed by atoms with van der Waals surface area (Å²) in [5, 5.41) is 17.1. The van der Waals surface area contributed by atoms with Crippen LogP contribution in [-0.2, 0) is 4.79 Å². The van der Waals surface area contributed by atoms with E-state index < -0.39 is 0 Å². The summed E-state index contributed by atoms with van der Waals surface area (Å²) < 4.78 is 0. The van der Waals surface area contributed by atoms with Gasteiger partial charge in [0.2, 0.25) is 5.91 Å². The van der Waals surface area contributed by atoms with Crippen molar-refractivity contribution in [3.05, 3.63) is 30.3 Å². The average Bonchev–Trinajstić information content (AvgIpc) is 2.46. The molecule has 0 saturated heterocycles. The van der Waals surface area contributed by atoms with E-state index in [1.165, 1.54) is 11.8 Å². The predicted molar refractivity (Wildman–Crippen MR) is 74.2 cm³/mol. The Hall–Kier alpha value is -1.98. The second-order valence-electron chi connectivity index (χ2n) is 3.80. The first kappa shape index (κ1) is 15.1. The molecule has 0 aromatic heterocycles. The number of thioether (sulfide) groups is 1. The van der Waals surface area contributed by atoms with Crippen LogP contribution in [0.25, 0.3) is 0 Å². The molecule has 0 aliphatic heterocycles. The smallest absolute Gasteiger partial charge is 0.232 e. The van der Waals surface area contributed by atoms with E-state index in [1.54, 1.807) is 4.90 Å². The molecular weight excluding hydrogens is 258 g/mol. The SMILES string of the molecule is N#CCCN(CCC#N)C(=O)CSc1ccccc1. The zero-order valence-electron chi connectivity index (χ0n) is 10.6. The zero-order chi connectivity index (χ0) is 13.9. The Balaban J connectivity index is 2.47. The van der Waals surface area contributed by atoms with Crippen LogP contribution in [0.15, 0.2) is 35.2 Å². The number of amides is 1. The molecule has 5 heteroatoms. The highest BCUT2D eigenvalue weighted by Gasteiger charge is 2.13. The molecule has 0 spiro atoms. The standard InChI is InChI=1S/C14H15N3OS/c15-8-4-10-17(11-5-9-16)14(18)12-19-13-6-2-1-3-7-13/h1-3,6-7H,4-5,10-12H2. The van der Waals surface area contributed by atoms with Crippen molar-refractivity contribution in [1.82, 2.24) is 4.90 Å². The third-order valence-corrected chi connectivity index (χ3v) is 3.44. The zero-order valence-corrected chi connectivity index (χ0v) is 11.4. The number of carbonyl (C=O) groups excluding carboxylic acids is 1. The molecule has 0 aliphatic carbocycles. The maximum absolute atomic E-state index is 12.0. The minimum absolute atomic E-state index is 0.0284. The molecule has 19 heavy (non-hydrogen) atoms. The van der Waals surface area contributed by atoms with Crippen LogP contribution in [-0.4, -0.2) is 29.6 Å². The number of carbonyl (C=O) groups is 1. The first-order valence-electron chi connectivity index (χ1n) is 5.97. The summed E-state index contributed by atoms with van der Waals surface area (Å²) in [5.74, 6) is 0.306. The van der Waals surface area contributed by atoms with Gasteiger partial charge in [0.25, 0.3) is 0 Å². The second kappa shape index (κ2) is 9.02. The molecule has 0 radical (unpaired) electrons. The maximum Gasteiger partial charge on any atom is 0.232 e. The first-order chi connectivity index (χ1) is 9.27. The molecule has 1 aromatic carbocycles. The van der Waals surface area contributed by atoms with Gasteiger partial charge in [0.15, 0.2) is 0 Å². The number of hydrogen-bond donors (Lipinski definition) is 0. The largest absolute Gasteiger partial charge is 0.340 e. The summed E-state index contributed by atoms with van der Waals surface area (Å²) in [6, 6.07) is 13.7. The van der Waals surface area contributed by atoms with Crippen molar-refractivity contribution >= 4 is 17.7 Å². The van der Waals surface area contributed by atoms with Crippen LogP contribution in [0.1, 0.15) is 12.8 Å². The van der Waals surface area contributed by atoms with Gasteiger partial charge < -0.3 is 4.90 Å². The summed E-state index contributed by atoms with van der Waals surface area (Å²) in [7, 11) is 0. The third kappa shape index (κ3) is 5.94. The summed E-state index contributed by atoms with van der Waals surface area (Å²) in [6.45, 7) is 0.790. The van der Waals surface area contributed by atoms with E-state index in [0.717, 1.165) is 4.90 Å². The van der Waals surface area contributed by atoms with Gasteiger partial charge in [-0.2, -0.15) is 10.5 Å². The summed E-state index contributed by atoms with van der Waals surface area (Å²) in [6.07, 6.45) is 0.598. The second-order valence-corrected chi connectivity index (χ2v) is 4.85. The molecule has 98 valence electrons. The lowest BCUT2D eigenvalue weighted by Crippen LogP contribution is -2.34. The van der Waals surface area contributed by atoms with Crippen molar-refractivity contribution in [2.75, 3.05) is 18.8 Å². The Kier molecular flexibility index (Phi) is 7.16. The predicted octanol–water partition coefficient (Wildman–Crippen LogP) is 2.43. The van der Waals surface area contributed by atoms with Crippen LogP contribution >= 0.6 is 11.8 Å². The lowest BCUT2D eigenvalue weighted by molar-refractivity contribution is -0.128. The molecule has 0 N–H and O–H groups in total. The van der Waals surface area contributed by atoms with Gasteiger partial charge in [-0.1, -0.05) is 18.2 Å². The minimum Gasteiger partial charge on any atom is -0.340 e. The van der Waals surface area contributed by atoms with Gasteiger partial charge in [-0.05, 0) is 12.1 Å². The van der Waals surface area contributed by atoms with Crippen LogP contribution in [0.5, 0.6) is 0 Å². The Bertz CT molecular complexity index is 458. The van der Waals surface area contributed by atoms with Gasteiger partial charge in [0.1, 0.15) is 0 Å². The molecule has 1 aromatic rings. The van der Waals surface area contributed by atoms with Crippen molar-refractivity contribution < 1.29 is 4.79 Å². The lowest BCUT2D eigenvalue weighted by Gasteiger charge is -2.20. The minimum atomic E-state index is -0.0284. The van der Waals surface area contributed by atoms with Crippen LogP contribution in [0.2, 0.25) is 0 Å². The van der Waals surface area contributed by atoms with Crippen molar-refractivity contribution in [3.63, 3.8) is 0 Å². The van der Waals surface area contributed by atoms with Crippen LogP contribution in [0, 0.1) is 22.7 Å². The van der Waals surface area contributed by atoms with Gasteiger partial charge in [-0.3, -0.25) is 4.79 Å². The molecule has 0 saturated carbocycles. The molecule has 0 fully saturated rings. The van der Waals surface area contributed by atoms with Gasteiger partial charge in [-0.25, -0.2) is 0 Å². The number of rotatable bonds is 7. The van der Waals surface area contributed by atoms with E-state index in [4.69, 9.17) is 10.5 Å². The fourth-order valence-electron chi connectivity index (χ4n) is 1.48. The van der Waals surface area contributed by atoms with Crippen molar-refractivity contribution in [1.29, 1.82) is 10.5 Å². The van der Waals surface area contributed by atoms with Crippen molar-refractivity contribution in [2.24, 2.45) is 0 Å². The fourth-order valence-corrected chi connectivity index (χ4v) is 2.31. The highest BCUT2D eigenvalue weighted by Crippen LogP contribution is 2.17. The number of nitrogens with zero attached hydrogens (tertiary/aromatic N) is 3. The first-order valence-corrected chi connectivity index (χ1v) is 6.96. The Morgan fingerprint density at radius 1 is 1.11 bits per heavy atom. The molecule has 1 amide bonds. The molecule has 0 aliphatic rings. The maximum atomic E-state index is 12.0. The highest BCUT2D eigenvalue weighted by molar-refractivity contribution is 8.00. The number of hydrogen-bond acceptors (Lipinski definition) is 4. The van der Waals surface area contributed by atoms with Gasteiger partial charge in [-0.15, -0.1) is 11.8 Å². The lowest BCUT2D eigenvalue weighted by atomic mass is 10.3. The topological polar surface area (TPSA) is 67.9 Å². The Labute approximate surface area is 117 Å². The van der Waals surface area contributed by atoms with Gasteiger partial charge in [0.05, 0.1) is 30.7 Å². The quantitative estimate of drug-likeness (QED) is 0.715. The Morgan fingerprint density at radius 3 is 2.21 bits per heavy atom. The molecule has 0 heterocycles. The van der Waals surface area contributed by atoms with E-state index in [-0.39, 0.29) is 5.91 Å². The van der Waals surface area contributed by atoms with E-state index in [2.05, 4.69) is 0 Å². The van der Waals surface area contributed by atoms with Gasteiger partial charge >= 0.3 is 0 Å². The number of nitriles is 2. The van der Waals surface area contributed by atoms with E-state index in [9.17, 15) is 4.79 Å². The Morgan fingerprint density at radius 2 is 1.68 bits per heavy atom. The van der Waals surface area contributed by atoms with Crippen LogP contribution in [0.4, 0.5) is 0 Å². The van der Waals surface area contributed by atoms with E-state index >= 15 is 0 Å². The summed E-state index contributed by atoms with van der Waals surface area (Å²) >= 11 is 1.47. The molecule has 0 atom stereocenters. The molecule has 1 rings (SSSR count).